The number of carbonyl (C=O) groups is 2. The smallest absolute Gasteiger partial charge is 0.306 e. The lowest BCUT2D eigenvalue weighted by molar-refractivity contribution is -0.152. The fourth-order valence-electron chi connectivity index (χ4n) is 3.46. The van der Waals surface area contributed by atoms with Gasteiger partial charge < -0.3 is 10.2 Å². The standard InChI is InChI=1S/C12H18O4/c13-11(14)8-5-4-7-2-1-3-9(12(15)16)10(7)6-8/h7-10H,1-6H2,(H,13,14)(H,15,16). The summed E-state index contributed by atoms with van der Waals surface area (Å²) in [4.78, 5) is 22.1. The molecule has 0 aromatic rings. The first kappa shape index (κ1) is 11.4. The van der Waals surface area contributed by atoms with Gasteiger partial charge in [-0.05, 0) is 37.5 Å². The van der Waals surface area contributed by atoms with Crippen LogP contribution in [0.25, 0.3) is 0 Å². The van der Waals surface area contributed by atoms with E-state index >= 15 is 0 Å². The molecule has 4 unspecified atom stereocenters. The Morgan fingerprint density at radius 2 is 1.69 bits per heavy atom. The lowest BCUT2D eigenvalue weighted by Gasteiger charge is -2.41. The van der Waals surface area contributed by atoms with Gasteiger partial charge in [-0.15, -0.1) is 0 Å². The summed E-state index contributed by atoms with van der Waals surface area (Å²) in [7, 11) is 0. The molecule has 4 heteroatoms. The predicted molar refractivity (Wildman–Crippen MR) is 56.9 cm³/mol. The molecular weight excluding hydrogens is 208 g/mol. The number of hydrogen-bond acceptors (Lipinski definition) is 2. The summed E-state index contributed by atoms with van der Waals surface area (Å²) in [6, 6.07) is 0. The Bertz CT molecular complexity index is 299. The largest absolute Gasteiger partial charge is 0.481 e. The van der Waals surface area contributed by atoms with E-state index < -0.39 is 11.9 Å². The minimum atomic E-state index is -0.756. The van der Waals surface area contributed by atoms with E-state index in [1.54, 1.807) is 0 Å². The van der Waals surface area contributed by atoms with E-state index in [4.69, 9.17) is 10.2 Å². The molecule has 0 spiro atoms. The molecule has 16 heavy (non-hydrogen) atoms. The maximum atomic E-state index is 11.1. The Hall–Kier alpha value is -1.06. The van der Waals surface area contributed by atoms with Crippen LogP contribution in [-0.2, 0) is 9.59 Å². The van der Waals surface area contributed by atoms with Crippen molar-refractivity contribution in [1.29, 1.82) is 0 Å². The molecule has 0 bridgehead atoms. The van der Waals surface area contributed by atoms with Gasteiger partial charge in [-0.2, -0.15) is 0 Å². The number of rotatable bonds is 2. The third-order valence-electron chi connectivity index (χ3n) is 4.32. The van der Waals surface area contributed by atoms with E-state index in [9.17, 15) is 9.59 Å². The van der Waals surface area contributed by atoms with Gasteiger partial charge in [0.05, 0.1) is 11.8 Å². The highest BCUT2D eigenvalue weighted by atomic mass is 16.4. The quantitative estimate of drug-likeness (QED) is 0.755. The van der Waals surface area contributed by atoms with E-state index in [1.807, 2.05) is 0 Å². The molecule has 0 aromatic heterocycles. The van der Waals surface area contributed by atoms with Crippen molar-refractivity contribution < 1.29 is 19.8 Å². The van der Waals surface area contributed by atoms with Crippen molar-refractivity contribution in [2.45, 2.75) is 38.5 Å². The van der Waals surface area contributed by atoms with Crippen molar-refractivity contribution in [3.63, 3.8) is 0 Å². The van der Waals surface area contributed by atoms with Crippen LogP contribution in [0.5, 0.6) is 0 Å². The Morgan fingerprint density at radius 1 is 0.938 bits per heavy atom. The lowest BCUT2D eigenvalue weighted by Crippen LogP contribution is -2.39. The summed E-state index contributed by atoms with van der Waals surface area (Å²) in [6.45, 7) is 0. The number of fused-ring (bicyclic) bond motifs is 1. The highest BCUT2D eigenvalue weighted by Crippen LogP contribution is 2.45. The molecule has 2 aliphatic carbocycles. The van der Waals surface area contributed by atoms with E-state index in [2.05, 4.69) is 0 Å². The minimum Gasteiger partial charge on any atom is -0.481 e. The number of aliphatic carboxylic acids is 2. The number of carboxylic acid groups (broad SMARTS) is 2. The summed E-state index contributed by atoms with van der Waals surface area (Å²) >= 11 is 0. The highest BCUT2D eigenvalue weighted by molar-refractivity contribution is 5.72. The second-order valence-electron chi connectivity index (χ2n) is 5.15. The first-order valence-corrected chi connectivity index (χ1v) is 6.05. The molecule has 4 atom stereocenters. The molecule has 0 aromatic carbocycles. The van der Waals surface area contributed by atoms with E-state index in [0.29, 0.717) is 12.3 Å². The molecular formula is C12H18O4. The fourth-order valence-corrected chi connectivity index (χ4v) is 3.46. The zero-order valence-corrected chi connectivity index (χ0v) is 9.26. The van der Waals surface area contributed by atoms with Gasteiger partial charge in [0.15, 0.2) is 0 Å². The second kappa shape index (κ2) is 4.44. The van der Waals surface area contributed by atoms with Crippen LogP contribution in [0.1, 0.15) is 38.5 Å². The Morgan fingerprint density at radius 3 is 2.31 bits per heavy atom. The Kier molecular flexibility index (Phi) is 3.17. The van der Waals surface area contributed by atoms with Crippen LogP contribution in [-0.4, -0.2) is 22.2 Å². The third-order valence-corrected chi connectivity index (χ3v) is 4.32. The van der Waals surface area contributed by atoms with E-state index in [-0.39, 0.29) is 17.8 Å². The lowest BCUT2D eigenvalue weighted by atomic mass is 9.63. The summed E-state index contributed by atoms with van der Waals surface area (Å²) < 4.78 is 0. The van der Waals surface area contributed by atoms with Crippen LogP contribution < -0.4 is 0 Å². The van der Waals surface area contributed by atoms with Crippen molar-refractivity contribution in [3.8, 4) is 0 Å². The van der Waals surface area contributed by atoms with Crippen LogP contribution in [0.3, 0.4) is 0 Å². The third kappa shape index (κ3) is 2.06. The van der Waals surface area contributed by atoms with Crippen molar-refractivity contribution in [2.24, 2.45) is 23.7 Å². The van der Waals surface area contributed by atoms with Gasteiger partial charge in [-0.3, -0.25) is 9.59 Å². The molecule has 90 valence electrons. The molecule has 2 rings (SSSR count). The first-order valence-electron chi connectivity index (χ1n) is 6.05. The average molecular weight is 226 g/mol. The summed E-state index contributed by atoms with van der Waals surface area (Å²) in [5.41, 5.74) is 0. The molecule has 2 aliphatic rings. The Balaban J connectivity index is 2.09. The van der Waals surface area contributed by atoms with Crippen LogP contribution in [0.15, 0.2) is 0 Å². The SMILES string of the molecule is O=C(O)C1CCC2CCCC(C(=O)O)C2C1. The minimum absolute atomic E-state index is 0.0982. The monoisotopic (exact) mass is 226 g/mol. The van der Waals surface area contributed by atoms with Crippen molar-refractivity contribution >= 4 is 11.9 Å². The van der Waals surface area contributed by atoms with Crippen LogP contribution in [0.2, 0.25) is 0 Å². The molecule has 0 aliphatic heterocycles. The van der Waals surface area contributed by atoms with Gasteiger partial charge in [-0.1, -0.05) is 12.8 Å². The molecule has 4 nitrogen and oxygen atoms in total. The summed E-state index contributed by atoms with van der Waals surface area (Å²) in [6.07, 6.45) is 4.98. The molecule has 2 fully saturated rings. The van der Waals surface area contributed by atoms with Gasteiger partial charge in [-0.25, -0.2) is 0 Å². The van der Waals surface area contributed by atoms with Crippen molar-refractivity contribution in [3.05, 3.63) is 0 Å². The maximum absolute atomic E-state index is 11.1. The van der Waals surface area contributed by atoms with Gasteiger partial charge in [0.1, 0.15) is 0 Å². The molecule has 0 heterocycles. The van der Waals surface area contributed by atoms with E-state index in [0.717, 1.165) is 32.1 Å². The molecule has 2 N–H and O–H groups in total. The predicted octanol–water partition coefficient (Wildman–Crippen LogP) is 1.99. The maximum Gasteiger partial charge on any atom is 0.306 e. The van der Waals surface area contributed by atoms with Crippen molar-refractivity contribution in [2.75, 3.05) is 0 Å². The van der Waals surface area contributed by atoms with Gasteiger partial charge in [0.25, 0.3) is 0 Å². The summed E-state index contributed by atoms with van der Waals surface area (Å²) in [5, 5.41) is 18.2. The van der Waals surface area contributed by atoms with Crippen LogP contribution >= 0.6 is 0 Å². The van der Waals surface area contributed by atoms with Gasteiger partial charge in [0, 0.05) is 0 Å². The van der Waals surface area contributed by atoms with E-state index in [1.165, 1.54) is 0 Å². The number of carboxylic acids is 2. The molecule has 0 radical (unpaired) electrons. The zero-order chi connectivity index (χ0) is 11.7. The molecule has 0 saturated heterocycles. The topological polar surface area (TPSA) is 74.6 Å². The Labute approximate surface area is 94.7 Å². The first-order chi connectivity index (χ1) is 7.59. The van der Waals surface area contributed by atoms with Crippen molar-refractivity contribution in [1.82, 2.24) is 0 Å². The second-order valence-corrected chi connectivity index (χ2v) is 5.15. The normalized spacial score (nSPS) is 38.8. The summed E-state index contributed by atoms with van der Waals surface area (Å²) in [5.74, 6) is -1.57. The van der Waals surface area contributed by atoms with Gasteiger partial charge >= 0.3 is 11.9 Å². The fraction of sp³-hybridized carbons (Fsp3) is 0.833. The molecule has 2 saturated carbocycles. The molecule has 0 amide bonds. The highest BCUT2D eigenvalue weighted by Gasteiger charge is 2.42. The average Bonchev–Trinajstić information content (AvgIpc) is 2.27. The van der Waals surface area contributed by atoms with Crippen LogP contribution in [0, 0.1) is 23.7 Å². The zero-order valence-electron chi connectivity index (χ0n) is 9.26. The van der Waals surface area contributed by atoms with Crippen LogP contribution in [0.4, 0.5) is 0 Å². The number of hydrogen-bond donors (Lipinski definition) is 2. The van der Waals surface area contributed by atoms with Gasteiger partial charge in [0.2, 0.25) is 0 Å².